The lowest BCUT2D eigenvalue weighted by atomic mass is 9.96. The van der Waals surface area contributed by atoms with Crippen LogP contribution in [0.3, 0.4) is 0 Å². The summed E-state index contributed by atoms with van der Waals surface area (Å²) in [6, 6.07) is 13.4. The molecule has 3 N–H and O–H groups in total. The number of imidazole rings is 1. The van der Waals surface area contributed by atoms with Gasteiger partial charge in [-0.3, -0.25) is 28.9 Å². The molecule has 2 aliphatic rings. The Morgan fingerprint density at radius 2 is 1.72 bits per heavy atom. The van der Waals surface area contributed by atoms with Crippen LogP contribution in [0.25, 0.3) is 11.0 Å². The molecular formula is C28H31N5O3. The average Bonchev–Trinajstić information content (AvgIpc) is 3.14. The van der Waals surface area contributed by atoms with Crippen molar-refractivity contribution < 1.29 is 9.59 Å². The van der Waals surface area contributed by atoms with Crippen LogP contribution in [0.5, 0.6) is 0 Å². The molecule has 2 aliphatic heterocycles. The predicted octanol–water partition coefficient (Wildman–Crippen LogP) is 2.04. The molecule has 2 aromatic carbocycles. The van der Waals surface area contributed by atoms with E-state index in [0.29, 0.717) is 24.4 Å². The number of benzene rings is 2. The van der Waals surface area contributed by atoms with Gasteiger partial charge in [-0.05, 0) is 55.6 Å². The van der Waals surface area contributed by atoms with Gasteiger partial charge in [0, 0.05) is 32.5 Å². The number of carbonyl (C=O) groups excluding carboxylic acids is 2. The number of imide groups is 1. The van der Waals surface area contributed by atoms with Crippen LogP contribution in [-0.2, 0) is 29.7 Å². The molecule has 3 aromatic rings. The van der Waals surface area contributed by atoms with Crippen LogP contribution in [0.1, 0.15) is 48.4 Å². The molecule has 186 valence electrons. The van der Waals surface area contributed by atoms with Crippen LogP contribution >= 0.6 is 0 Å². The van der Waals surface area contributed by atoms with E-state index in [1.807, 2.05) is 18.2 Å². The largest absolute Gasteiger partial charge is 0.329 e. The van der Waals surface area contributed by atoms with Crippen LogP contribution in [0, 0.1) is 17.8 Å². The molecule has 0 bridgehead atoms. The molecule has 1 unspecified atom stereocenters. The molecule has 1 aromatic heterocycles. The Labute approximate surface area is 210 Å². The first-order valence-electron chi connectivity index (χ1n) is 12.5. The Bertz CT molecular complexity index is 1420. The van der Waals surface area contributed by atoms with Gasteiger partial charge in [-0.15, -0.1) is 0 Å². The summed E-state index contributed by atoms with van der Waals surface area (Å²) in [6.07, 6.45) is 2.53. The maximum absolute atomic E-state index is 13.1. The van der Waals surface area contributed by atoms with Crippen molar-refractivity contribution in [1.29, 1.82) is 0 Å². The average molecular weight is 486 g/mol. The van der Waals surface area contributed by atoms with E-state index in [-0.39, 0.29) is 18.0 Å². The fourth-order valence-corrected chi connectivity index (χ4v) is 5.22. The molecule has 8 heteroatoms. The van der Waals surface area contributed by atoms with E-state index in [0.717, 1.165) is 49.1 Å². The summed E-state index contributed by atoms with van der Waals surface area (Å²) in [5.74, 6) is 6.34. The third-order valence-electron chi connectivity index (χ3n) is 7.29. The topological polar surface area (TPSA) is 102 Å². The maximum Gasteiger partial charge on any atom is 0.329 e. The van der Waals surface area contributed by atoms with Gasteiger partial charge in [0.1, 0.15) is 6.04 Å². The van der Waals surface area contributed by atoms with Crippen molar-refractivity contribution in [1.82, 2.24) is 19.4 Å². The number of aromatic nitrogens is 2. The van der Waals surface area contributed by atoms with E-state index >= 15 is 0 Å². The Morgan fingerprint density at radius 3 is 2.42 bits per heavy atom. The van der Waals surface area contributed by atoms with Crippen molar-refractivity contribution >= 4 is 22.8 Å². The van der Waals surface area contributed by atoms with Crippen LogP contribution in [-0.4, -0.2) is 38.9 Å². The minimum Gasteiger partial charge on any atom is -0.326 e. The van der Waals surface area contributed by atoms with Crippen molar-refractivity contribution in [2.24, 2.45) is 18.7 Å². The van der Waals surface area contributed by atoms with Crippen LogP contribution in [0.2, 0.25) is 0 Å². The van der Waals surface area contributed by atoms with Crippen molar-refractivity contribution in [3.63, 3.8) is 0 Å². The summed E-state index contributed by atoms with van der Waals surface area (Å²) < 4.78 is 3.06. The molecule has 0 saturated carbocycles. The summed E-state index contributed by atoms with van der Waals surface area (Å²) in [5, 5.41) is 2.35. The van der Waals surface area contributed by atoms with Gasteiger partial charge in [0.05, 0.1) is 16.6 Å². The SMILES string of the molecule is Cn1c(=O)n(C2CCC(=O)NC2=O)c2cccc(C#CC3CCN(Cc4ccc(CN)cc4)CC3)c21. The zero-order valence-corrected chi connectivity index (χ0v) is 20.5. The minimum absolute atomic E-state index is 0.219. The summed E-state index contributed by atoms with van der Waals surface area (Å²) in [6.45, 7) is 3.48. The molecule has 2 fully saturated rings. The lowest BCUT2D eigenvalue weighted by Crippen LogP contribution is -2.44. The third-order valence-corrected chi connectivity index (χ3v) is 7.29. The number of nitrogens with two attached hydrogens (primary N) is 1. The van der Waals surface area contributed by atoms with Crippen LogP contribution in [0.4, 0.5) is 0 Å². The molecule has 8 nitrogen and oxygen atoms in total. The molecule has 5 rings (SSSR count). The number of hydrogen-bond donors (Lipinski definition) is 2. The van der Waals surface area contributed by atoms with Gasteiger partial charge in [-0.25, -0.2) is 4.79 Å². The number of rotatable bonds is 4. The quantitative estimate of drug-likeness (QED) is 0.435. The second-order valence-electron chi connectivity index (χ2n) is 9.69. The van der Waals surface area contributed by atoms with E-state index < -0.39 is 11.9 Å². The van der Waals surface area contributed by atoms with E-state index in [1.165, 1.54) is 10.1 Å². The standard InChI is InChI=1S/C28H31N5O3/c1-31-26-22(3-2-4-23(26)33(28(31)36)24-11-12-25(34)30-27(24)35)10-9-19-13-15-32(16-14-19)18-21-7-5-20(17-29)6-8-21/h2-8,19,24H,11-18,29H2,1H3,(H,30,34,35). The normalized spacial score (nSPS) is 19.2. The number of para-hydroxylation sites is 1. The van der Waals surface area contributed by atoms with Gasteiger partial charge in [-0.1, -0.05) is 42.2 Å². The molecule has 2 amide bonds. The number of hydrogen-bond acceptors (Lipinski definition) is 5. The monoisotopic (exact) mass is 485 g/mol. The van der Waals surface area contributed by atoms with Gasteiger partial charge < -0.3 is 5.73 Å². The van der Waals surface area contributed by atoms with E-state index in [4.69, 9.17) is 5.73 Å². The summed E-state index contributed by atoms with van der Waals surface area (Å²) in [5.41, 5.74) is 10.0. The number of fused-ring (bicyclic) bond motifs is 1. The number of nitrogens with zero attached hydrogens (tertiary/aromatic N) is 3. The first-order chi connectivity index (χ1) is 17.4. The summed E-state index contributed by atoms with van der Waals surface area (Å²) >= 11 is 0. The maximum atomic E-state index is 13.1. The van der Waals surface area contributed by atoms with Crippen molar-refractivity contribution in [2.75, 3.05) is 13.1 Å². The van der Waals surface area contributed by atoms with E-state index in [9.17, 15) is 14.4 Å². The molecular weight excluding hydrogens is 454 g/mol. The number of nitrogens with one attached hydrogen (secondary N) is 1. The molecule has 2 saturated heterocycles. The molecule has 3 heterocycles. The first-order valence-corrected chi connectivity index (χ1v) is 12.5. The molecule has 0 spiro atoms. The molecule has 0 aliphatic carbocycles. The highest BCUT2D eigenvalue weighted by atomic mass is 16.2. The predicted molar refractivity (Wildman–Crippen MR) is 138 cm³/mol. The highest BCUT2D eigenvalue weighted by Gasteiger charge is 2.31. The Hall–Kier alpha value is -3.67. The van der Waals surface area contributed by atoms with Crippen LogP contribution < -0.4 is 16.7 Å². The second-order valence-corrected chi connectivity index (χ2v) is 9.69. The fourth-order valence-electron chi connectivity index (χ4n) is 5.22. The zero-order chi connectivity index (χ0) is 25.2. The van der Waals surface area contributed by atoms with Gasteiger partial charge >= 0.3 is 5.69 Å². The summed E-state index contributed by atoms with van der Waals surface area (Å²) in [7, 11) is 1.71. The van der Waals surface area contributed by atoms with E-state index in [1.54, 1.807) is 11.6 Å². The fraction of sp³-hybridized carbons (Fsp3) is 0.393. The first kappa shape index (κ1) is 24.0. The molecule has 36 heavy (non-hydrogen) atoms. The number of amides is 2. The van der Waals surface area contributed by atoms with Gasteiger partial charge in [-0.2, -0.15) is 0 Å². The Balaban J connectivity index is 1.31. The van der Waals surface area contributed by atoms with Gasteiger partial charge in [0.2, 0.25) is 11.8 Å². The Kier molecular flexibility index (Phi) is 6.77. The van der Waals surface area contributed by atoms with Gasteiger partial charge in [0.25, 0.3) is 0 Å². The number of aryl methyl sites for hydroxylation is 1. The van der Waals surface area contributed by atoms with Gasteiger partial charge in [0.15, 0.2) is 0 Å². The lowest BCUT2D eigenvalue weighted by Gasteiger charge is -2.29. The van der Waals surface area contributed by atoms with E-state index in [2.05, 4.69) is 46.3 Å². The van der Waals surface area contributed by atoms with Crippen LogP contribution in [0.15, 0.2) is 47.3 Å². The van der Waals surface area contributed by atoms with Crippen molar-refractivity contribution in [3.05, 3.63) is 69.6 Å². The third kappa shape index (κ3) is 4.72. The highest BCUT2D eigenvalue weighted by Crippen LogP contribution is 2.25. The number of carbonyl (C=O) groups is 2. The number of likely N-dealkylation sites (tertiary alicyclic amines) is 1. The number of piperidine rings is 2. The smallest absolute Gasteiger partial charge is 0.326 e. The second kappa shape index (κ2) is 10.1. The van der Waals surface area contributed by atoms with Crippen molar-refractivity contribution in [2.45, 2.75) is 44.8 Å². The lowest BCUT2D eigenvalue weighted by molar-refractivity contribution is -0.135. The minimum atomic E-state index is -0.696. The van der Waals surface area contributed by atoms with Crippen molar-refractivity contribution in [3.8, 4) is 11.8 Å². The highest BCUT2D eigenvalue weighted by molar-refractivity contribution is 6.00. The Morgan fingerprint density at radius 1 is 1.00 bits per heavy atom. The molecule has 1 atom stereocenters. The zero-order valence-electron chi connectivity index (χ0n) is 20.5. The summed E-state index contributed by atoms with van der Waals surface area (Å²) in [4.78, 5) is 39.6. The molecule has 0 radical (unpaired) electrons.